The minimum Gasteiger partial charge on any atom is -0.394 e. The molecule has 14 heavy (non-hydrogen) atoms. The van der Waals surface area contributed by atoms with Gasteiger partial charge in [0.1, 0.15) is 18.3 Å². The van der Waals surface area contributed by atoms with E-state index in [1.54, 1.807) is 0 Å². The number of hydrogen-bond acceptors (Lipinski definition) is 5. The fourth-order valence-electron chi connectivity index (χ4n) is 1.47. The molecule has 5 N–H and O–H groups in total. The third kappa shape index (κ3) is 2.42. The molecule has 1 saturated heterocycles. The number of aliphatic hydroxyl groups is 4. The molecule has 82 valence electrons. The van der Waals surface area contributed by atoms with E-state index < -0.39 is 31.0 Å². The van der Waals surface area contributed by atoms with Crippen LogP contribution in [0, 0.1) is 0 Å². The molecule has 0 aliphatic carbocycles. The molecule has 0 saturated carbocycles. The van der Waals surface area contributed by atoms with Crippen molar-refractivity contribution in [3.8, 4) is 0 Å². The maximum atomic E-state index is 10.8. The quantitative estimate of drug-likeness (QED) is 0.344. The Hall–Kier alpha value is -0.690. The monoisotopic (exact) mass is 205 g/mol. The second-order valence-electron chi connectivity index (χ2n) is 3.44. The predicted molar refractivity (Wildman–Crippen MR) is 46.3 cm³/mol. The van der Waals surface area contributed by atoms with Crippen LogP contribution in [0.2, 0.25) is 0 Å². The van der Waals surface area contributed by atoms with Crippen molar-refractivity contribution in [2.24, 2.45) is 0 Å². The maximum absolute atomic E-state index is 10.8. The molecule has 0 radical (unpaired) electrons. The van der Waals surface area contributed by atoms with Gasteiger partial charge in [0.2, 0.25) is 5.91 Å². The van der Waals surface area contributed by atoms with Crippen LogP contribution in [0.3, 0.4) is 0 Å². The zero-order valence-corrected chi connectivity index (χ0v) is 7.63. The number of amides is 1. The van der Waals surface area contributed by atoms with Gasteiger partial charge in [-0.3, -0.25) is 4.79 Å². The van der Waals surface area contributed by atoms with Gasteiger partial charge in [-0.05, 0) is 6.42 Å². The minimum absolute atomic E-state index is 0.181. The molecular weight excluding hydrogens is 190 g/mol. The molecule has 4 atom stereocenters. The Bertz CT molecular complexity index is 210. The van der Waals surface area contributed by atoms with Crippen molar-refractivity contribution in [1.29, 1.82) is 0 Å². The number of hydrogen-bond donors (Lipinski definition) is 5. The van der Waals surface area contributed by atoms with Crippen LogP contribution in [-0.4, -0.2) is 57.3 Å². The lowest BCUT2D eigenvalue weighted by molar-refractivity contribution is -0.120. The molecule has 1 aliphatic rings. The third-order valence-electron chi connectivity index (χ3n) is 2.37. The van der Waals surface area contributed by atoms with Gasteiger partial charge in [-0.25, -0.2) is 0 Å². The van der Waals surface area contributed by atoms with Gasteiger partial charge < -0.3 is 25.7 Å². The molecule has 1 unspecified atom stereocenters. The molecule has 0 spiro atoms. The average molecular weight is 205 g/mol. The molecule has 0 aromatic rings. The highest BCUT2D eigenvalue weighted by atomic mass is 16.4. The number of carbonyl (C=O) groups is 1. The van der Waals surface area contributed by atoms with Crippen LogP contribution in [0.4, 0.5) is 0 Å². The summed E-state index contributed by atoms with van der Waals surface area (Å²) < 4.78 is 0. The van der Waals surface area contributed by atoms with E-state index in [2.05, 4.69) is 5.32 Å². The normalized spacial score (nSPS) is 28.3. The first-order valence-corrected chi connectivity index (χ1v) is 4.50. The highest BCUT2D eigenvalue weighted by Crippen LogP contribution is 2.14. The van der Waals surface area contributed by atoms with Crippen LogP contribution in [0.15, 0.2) is 0 Å². The van der Waals surface area contributed by atoms with E-state index in [0.29, 0.717) is 12.8 Å². The fourth-order valence-corrected chi connectivity index (χ4v) is 1.47. The molecule has 1 aliphatic heterocycles. The van der Waals surface area contributed by atoms with Gasteiger partial charge in [0.15, 0.2) is 0 Å². The van der Waals surface area contributed by atoms with Gasteiger partial charge in [0.05, 0.1) is 12.6 Å². The first-order chi connectivity index (χ1) is 6.56. The molecule has 1 amide bonds. The van der Waals surface area contributed by atoms with E-state index in [4.69, 9.17) is 10.2 Å². The van der Waals surface area contributed by atoms with Crippen molar-refractivity contribution in [3.05, 3.63) is 0 Å². The van der Waals surface area contributed by atoms with E-state index in [9.17, 15) is 15.0 Å². The van der Waals surface area contributed by atoms with E-state index in [0.717, 1.165) is 0 Å². The molecular formula is C8H15NO5. The summed E-state index contributed by atoms with van der Waals surface area (Å²) in [4.78, 5) is 10.8. The summed E-state index contributed by atoms with van der Waals surface area (Å²) in [6.07, 6.45) is -3.34. The summed E-state index contributed by atoms with van der Waals surface area (Å²) in [6.45, 7) is -0.626. The molecule has 1 fully saturated rings. The highest BCUT2D eigenvalue weighted by molar-refractivity contribution is 5.78. The van der Waals surface area contributed by atoms with Crippen molar-refractivity contribution in [2.45, 2.75) is 37.2 Å². The molecule has 1 rings (SSSR count). The van der Waals surface area contributed by atoms with Crippen molar-refractivity contribution in [2.75, 3.05) is 6.61 Å². The molecule has 0 aromatic carbocycles. The molecule has 1 heterocycles. The van der Waals surface area contributed by atoms with Crippen molar-refractivity contribution < 1.29 is 25.2 Å². The summed E-state index contributed by atoms with van der Waals surface area (Å²) in [5.41, 5.74) is 0. The molecule has 6 heteroatoms. The maximum Gasteiger partial charge on any atom is 0.220 e. The first kappa shape index (κ1) is 11.4. The van der Waals surface area contributed by atoms with Crippen LogP contribution < -0.4 is 5.32 Å². The Morgan fingerprint density at radius 1 is 1.43 bits per heavy atom. The Balaban J connectivity index is 2.47. The van der Waals surface area contributed by atoms with Crippen molar-refractivity contribution in [3.63, 3.8) is 0 Å². The Kier molecular flexibility index (Phi) is 3.82. The van der Waals surface area contributed by atoms with Gasteiger partial charge in [-0.15, -0.1) is 0 Å². The Morgan fingerprint density at radius 3 is 2.50 bits per heavy atom. The van der Waals surface area contributed by atoms with Crippen molar-refractivity contribution >= 4 is 5.91 Å². The van der Waals surface area contributed by atoms with E-state index in [1.165, 1.54) is 0 Å². The SMILES string of the molecule is O=C1CCC([C@@H](O)[C@H](O)[C@@H](O)CO)N1. The number of nitrogens with one attached hydrogen (secondary N) is 1. The lowest BCUT2D eigenvalue weighted by Crippen LogP contribution is -2.49. The largest absolute Gasteiger partial charge is 0.394 e. The zero-order chi connectivity index (χ0) is 10.7. The summed E-state index contributed by atoms with van der Waals surface area (Å²) in [5, 5.41) is 38.9. The summed E-state index contributed by atoms with van der Waals surface area (Å²) in [7, 11) is 0. The summed E-state index contributed by atoms with van der Waals surface area (Å²) >= 11 is 0. The van der Waals surface area contributed by atoms with Crippen LogP contribution in [-0.2, 0) is 4.79 Å². The molecule has 6 nitrogen and oxygen atoms in total. The highest BCUT2D eigenvalue weighted by Gasteiger charge is 2.34. The third-order valence-corrected chi connectivity index (χ3v) is 2.37. The van der Waals surface area contributed by atoms with Crippen LogP contribution >= 0.6 is 0 Å². The standard InChI is InChI=1S/C8H15NO5/c10-3-5(11)8(14)7(13)4-1-2-6(12)9-4/h4-5,7-8,10-11,13-14H,1-3H2,(H,9,12)/t4?,5-,7+,8+/m0/s1. The van der Waals surface area contributed by atoms with Gasteiger partial charge in [0, 0.05) is 6.42 Å². The molecule has 0 bridgehead atoms. The number of carbonyl (C=O) groups excluding carboxylic acids is 1. The van der Waals surface area contributed by atoms with E-state index in [-0.39, 0.29) is 5.91 Å². The fraction of sp³-hybridized carbons (Fsp3) is 0.875. The van der Waals surface area contributed by atoms with Gasteiger partial charge >= 0.3 is 0 Å². The number of aliphatic hydroxyl groups excluding tert-OH is 4. The topological polar surface area (TPSA) is 110 Å². The lowest BCUT2D eigenvalue weighted by Gasteiger charge is -2.25. The first-order valence-electron chi connectivity index (χ1n) is 4.50. The Morgan fingerprint density at radius 2 is 2.07 bits per heavy atom. The zero-order valence-electron chi connectivity index (χ0n) is 7.63. The summed E-state index contributed by atoms with van der Waals surface area (Å²) in [5.74, 6) is -0.181. The van der Waals surface area contributed by atoms with Gasteiger partial charge in [-0.1, -0.05) is 0 Å². The number of rotatable bonds is 4. The van der Waals surface area contributed by atoms with Gasteiger partial charge in [-0.2, -0.15) is 0 Å². The van der Waals surface area contributed by atoms with Gasteiger partial charge in [0.25, 0.3) is 0 Å². The Labute approximate surface area is 81.2 Å². The second kappa shape index (κ2) is 4.70. The summed E-state index contributed by atoms with van der Waals surface area (Å²) in [6, 6.07) is -0.543. The van der Waals surface area contributed by atoms with E-state index in [1.807, 2.05) is 0 Å². The van der Waals surface area contributed by atoms with Crippen LogP contribution in [0.1, 0.15) is 12.8 Å². The molecule has 0 aromatic heterocycles. The second-order valence-corrected chi connectivity index (χ2v) is 3.44. The van der Waals surface area contributed by atoms with Crippen molar-refractivity contribution in [1.82, 2.24) is 5.32 Å². The lowest BCUT2D eigenvalue weighted by atomic mass is 10.0. The smallest absolute Gasteiger partial charge is 0.220 e. The van der Waals surface area contributed by atoms with Crippen LogP contribution in [0.5, 0.6) is 0 Å². The minimum atomic E-state index is -1.44. The van der Waals surface area contributed by atoms with Crippen LogP contribution in [0.25, 0.3) is 0 Å². The predicted octanol–water partition coefficient (Wildman–Crippen LogP) is -2.66. The average Bonchev–Trinajstić information content (AvgIpc) is 2.61. The van der Waals surface area contributed by atoms with E-state index >= 15 is 0 Å².